The van der Waals surface area contributed by atoms with Crippen LogP contribution < -0.4 is 0 Å². The van der Waals surface area contributed by atoms with Gasteiger partial charge in [-0.2, -0.15) is 0 Å². The zero-order valence-corrected chi connectivity index (χ0v) is 7.44. The van der Waals surface area contributed by atoms with Crippen molar-refractivity contribution in [2.24, 2.45) is 0 Å². The molecule has 0 amide bonds. The number of halogens is 1. The number of hydrogen-bond acceptors (Lipinski definition) is 2. The van der Waals surface area contributed by atoms with Crippen molar-refractivity contribution in [3.05, 3.63) is 22.6 Å². The molecule has 1 aliphatic rings. The summed E-state index contributed by atoms with van der Waals surface area (Å²) in [6, 6.07) is 0. The molecular formula is C8H11ClO2. The van der Waals surface area contributed by atoms with E-state index in [9.17, 15) is 0 Å². The maximum atomic E-state index is 5.85. The van der Waals surface area contributed by atoms with E-state index in [1.54, 1.807) is 20.3 Å². The maximum absolute atomic E-state index is 5.85. The lowest BCUT2D eigenvalue weighted by molar-refractivity contribution is 0.243. The Kier molecular flexibility index (Phi) is 2.83. The lowest BCUT2D eigenvalue weighted by atomic mass is 10.1. The second kappa shape index (κ2) is 3.67. The second-order valence-corrected chi connectivity index (χ2v) is 2.70. The monoisotopic (exact) mass is 174 g/mol. The molecular weight excluding hydrogens is 164 g/mol. The number of rotatable bonds is 2. The molecule has 1 aliphatic carbocycles. The van der Waals surface area contributed by atoms with Crippen molar-refractivity contribution in [2.75, 3.05) is 14.2 Å². The van der Waals surface area contributed by atoms with E-state index >= 15 is 0 Å². The summed E-state index contributed by atoms with van der Waals surface area (Å²) in [6.07, 6.45) is 3.49. The van der Waals surface area contributed by atoms with Crippen LogP contribution in [0.5, 0.6) is 0 Å². The first-order valence-corrected chi connectivity index (χ1v) is 3.83. The number of ether oxygens (including phenoxy) is 2. The van der Waals surface area contributed by atoms with Gasteiger partial charge >= 0.3 is 0 Å². The molecule has 0 fully saturated rings. The van der Waals surface area contributed by atoms with Gasteiger partial charge in [-0.1, -0.05) is 11.6 Å². The van der Waals surface area contributed by atoms with Crippen molar-refractivity contribution in [2.45, 2.75) is 12.8 Å². The molecule has 0 aromatic rings. The van der Waals surface area contributed by atoms with Crippen LogP contribution in [-0.2, 0) is 9.47 Å². The average Bonchev–Trinajstić information content (AvgIpc) is 2.04. The number of hydrogen-bond donors (Lipinski definition) is 0. The molecule has 0 N–H and O–H groups in total. The first-order chi connectivity index (χ1) is 5.27. The molecule has 0 saturated heterocycles. The van der Waals surface area contributed by atoms with E-state index in [1.807, 2.05) is 0 Å². The van der Waals surface area contributed by atoms with E-state index < -0.39 is 0 Å². The van der Waals surface area contributed by atoms with Crippen LogP contribution in [-0.4, -0.2) is 14.2 Å². The van der Waals surface area contributed by atoms with Gasteiger partial charge in [0.1, 0.15) is 5.76 Å². The van der Waals surface area contributed by atoms with Gasteiger partial charge in [0, 0.05) is 12.8 Å². The van der Waals surface area contributed by atoms with E-state index in [4.69, 9.17) is 21.1 Å². The number of methoxy groups -OCH3 is 2. The second-order valence-electron chi connectivity index (χ2n) is 2.29. The molecule has 11 heavy (non-hydrogen) atoms. The van der Waals surface area contributed by atoms with E-state index in [1.165, 1.54) is 0 Å². The minimum absolute atomic E-state index is 0.649. The lowest BCUT2D eigenvalue weighted by Crippen LogP contribution is -1.99. The Morgan fingerprint density at radius 2 is 2.00 bits per heavy atom. The molecule has 62 valence electrons. The highest BCUT2D eigenvalue weighted by Crippen LogP contribution is 2.26. The van der Waals surface area contributed by atoms with Crippen LogP contribution in [0.4, 0.5) is 0 Å². The summed E-state index contributed by atoms with van der Waals surface area (Å²) < 4.78 is 10.1. The summed E-state index contributed by atoms with van der Waals surface area (Å²) in [4.78, 5) is 0. The van der Waals surface area contributed by atoms with E-state index in [2.05, 4.69) is 0 Å². The molecule has 0 aromatic carbocycles. The maximum Gasteiger partial charge on any atom is 0.115 e. The molecule has 0 heterocycles. The molecule has 2 nitrogen and oxygen atoms in total. The average molecular weight is 175 g/mol. The fourth-order valence-electron chi connectivity index (χ4n) is 1.01. The topological polar surface area (TPSA) is 18.5 Å². The molecule has 0 unspecified atom stereocenters. The SMILES string of the molecule is COC1=CC(Cl)=C(OC)CC1. The van der Waals surface area contributed by atoms with Gasteiger partial charge in [0.25, 0.3) is 0 Å². The first-order valence-electron chi connectivity index (χ1n) is 3.45. The van der Waals surface area contributed by atoms with Crippen molar-refractivity contribution in [3.8, 4) is 0 Å². The highest BCUT2D eigenvalue weighted by Gasteiger charge is 2.11. The highest BCUT2D eigenvalue weighted by atomic mass is 35.5. The van der Waals surface area contributed by atoms with E-state index in [-0.39, 0.29) is 0 Å². The van der Waals surface area contributed by atoms with Crippen LogP contribution >= 0.6 is 11.6 Å². The Bertz CT molecular complexity index is 206. The Morgan fingerprint density at radius 1 is 1.27 bits per heavy atom. The predicted octanol–water partition coefficient (Wildman–Crippen LogP) is 2.41. The summed E-state index contributed by atoms with van der Waals surface area (Å²) in [7, 11) is 3.27. The van der Waals surface area contributed by atoms with Crippen LogP contribution in [0.25, 0.3) is 0 Å². The summed E-state index contributed by atoms with van der Waals surface area (Å²) >= 11 is 5.85. The molecule has 0 saturated carbocycles. The summed E-state index contributed by atoms with van der Waals surface area (Å²) in [5.41, 5.74) is 0. The Balaban J connectivity index is 2.76. The predicted molar refractivity (Wildman–Crippen MR) is 44.2 cm³/mol. The first kappa shape index (κ1) is 8.47. The van der Waals surface area contributed by atoms with Crippen molar-refractivity contribution in [3.63, 3.8) is 0 Å². The molecule has 0 atom stereocenters. The molecule has 0 aliphatic heterocycles. The Morgan fingerprint density at radius 3 is 2.45 bits per heavy atom. The highest BCUT2D eigenvalue weighted by molar-refractivity contribution is 6.31. The van der Waals surface area contributed by atoms with Crippen molar-refractivity contribution < 1.29 is 9.47 Å². The molecule has 0 spiro atoms. The van der Waals surface area contributed by atoms with Crippen LogP contribution in [0.1, 0.15) is 12.8 Å². The van der Waals surface area contributed by atoms with Gasteiger partial charge in [-0.25, -0.2) is 0 Å². The van der Waals surface area contributed by atoms with Gasteiger partial charge in [0.15, 0.2) is 0 Å². The van der Waals surface area contributed by atoms with Gasteiger partial charge in [0.2, 0.25) is 0 Å². The van der Waals surface area contributed by atoms with Crippen LogP contribution in [0.15, 0.2) is 22.6 Å². The quantitative estimate of drug-likeness (QED) is 0.640. The minimum Gasteiger partial charge on any atom is -0.501 e. The zero-order valence-electron chi connectivity index (χ0n) is 6.69. The third-order valence-corrected chi connectivity index (χ3v) is 1.98. The minimum atomic E-state index is 0.649. The molecule has 0 radical (unpaired) electrons. The van der Waals surface area contributed by atoms with Gasteiger partial charge in [0.05, 0.1) is 25.0 Å². The van der Waals surface area contributed by atoms with Crippen LogP contribution in [0.3, 0.4) is 0 Å². The summed E-state index contributed by atoms with van der Waals surface area (Å²) in [6.45, 7) is 0. The third kappa shape index (κ3) is 1.90. The molecule has 1 rings (SSSR count). The lowest BCUT2D eigenvalue weighted by Gasteiger charge is -2.14. The molecule has 0 aromatic heterocycles. The van der Waals surface area contributed by atoms with Crippen LogP contribution in [0.2, 0.25) is 0 Å². The smallest absolute Gasteiger partial charge is 0.115 e. The van der Waals surface area contributed by atoms with Gasteiger partial charge in [-0.3, -0.25) is 0 Å². The summed E-state index contributed by atoms with van der Waals surface area (Å²) in [5.74, 6) is 1.75. The number of allylic oxidation sites excluding steroid dienone is 4. The van der Waals surface area contributed by atoms with Gasteiger partial charge in [-0.15, -0.1) is 0 Å². The van der Waals surface area contributed by atoms with Gasteiger partial charge in [-0.05, 0) is 6.08 Å². The van der Waals surface area contributed by atoms with Gasteiger partial charge < -0.3 is 9.47 Å². The fraction of sp³-hybridized carbons (Fsp3) is 0.500. The Labute approximate surface area is 71.4 Å². The van der Waals surface area contributed by atoms with Crippen LogP contribution in [0, 0.1) is 0 Å². The largest absolute Gasteiger partial charge is 0.501 e. The standard InChI is InChI=1S/C8H11ClO2/c1-10-6-3-4-8(11-2)7(9)5-6/h5H,3-4H2,1-2H3. The van der Waals surface area contributed by atoms with E-state index in [0.717, 1.165) is 24.4 Å². The zero-order chi connectivity index (χ0) is 8.27. The van der Waals surface area contributed by atoms with Crippen molar-refractivity contribution >= 4 is 11.6 Å². The molecule has 0 bridgehead atoms. The van der Waals surface area contributed by atoms with Crippen molar-refractivity contribution in [1.29, 1.82) is 0 Å². The fourth-order valence-corrected chi connectivity index (χ4v) is 1.30. The van der Waals surface area contributed by atoms with E-state index in [0.29, 0.717) is 5.03 Å². The van der Waals surface area contributed by atoms with Crippen molar-refractivity contribution in [1.82, 2.24) is 0 Å². The normalized spacial score (nSPS) is 17.9. The molecule has 3 heteroatoms. The summed E-state index contributed by atoms with van der Waals surface area (Å²) in [5, 5.41) is 0.649. The third-order valence-electron chi connectivity index (χ3n) is 1.66. The Hall–Kier alpha value is -0.630.